The second-order valence-corrected chi connectivity index (χ2v) is 12.2. The number of nitrogens with one attached hydrogen (secondary N) is 1. The quantitative estimate of drug-likeness (QED) is 0.271. The molecule has 0 bridgehead atoms. The topological polar surface area (TPSA) is 153 Å². The van der Waals surface area contributed by atoms with Crippen molar-refractivity contribution in [3.8, 4) is 22.5 Å². The first-order chi connectivity index (χ1) is 21.3. The predicted octanol–water partition coefficient (Wildman–Crippen LogP) is 3.92. The molecule has 0 spiro atoms. The van der Waals surface area contributed by atoms with E-state index in [0.717, 1.165) is 27.5 Å². The van der Waals surface area contributed by atoms with Crippen molar-refractivity contribution in [3.63, 3.8) is 0 Å². The number of nitrogens with two attached hydrogens (primary N) is 1. The van der Waals surface area contributed by atoms with E-state index in [-0.39, 0.29) is 25.1 Å². The maximum Gasteiger partial charge on any atom is 0.250 e. The van der Waals surface area contributed by atoms with E-state index in [1.165, 1.54) is 33.8 Å². The number of imidazole rings is 1. The Balaban J connectivity index is 1.11. The number of halogens is 1. The molecule has 0 radical (unpaired) electrons. The van der Waals surface area contributed by atoms with Gasteiger partial charge in [-0.15, -0.1) is 22.7 Å². The zero-order chi connectivity index (χ0) is 30.5. The normalized spacial score (nSPS) is 16.6. The Kier molecular flexibility index (Phi) is 6.89. The highest BCUT2D eigenvalue weighted by Crippen LogP contribution is 2.32. The van der Waals surface area contributed by atoms with Crippen LogP contribution in [0.15, 0.2) is 59.8 Å². The van der Waals surface area contributed by atoms with E-state index >= 15 is 0 Å². The minimum Gasteiger partial charge on any atom is -0.366 e. The summed E-state index contributed by atoms with van der Waals surface area (Å²) in [6.45, 7) is 1.47. The number of nitrogens with zero attached hydrogens (tertiary/aromatic N) is 7. The molecule has 1 aliphatic rings. The van der Waals surface area contributed by atoms with Crippen LogP contribution in [0.2, 0.25) is 0 Å². The van der Waals surface area contributed by atoms with Gasteiger partial charge in [0.25, 0.3) is 5.91 Å². The number of alkyl halides is 1. The summed E-state index contributed by atoms with van der Waals surface area (Å²) in [4.78, 5) is 50.4. The molecule has 3 amide bonds. The first-order valence-corrected chi connectivity index (χ1v) is 15.3. The maximum absolute atomic E-state index is 14.7. The Labute approximate surface area is 257 Å². The SMILES string of the molecule is Cc1nc2sccn2c1-c1csc(NC(=O)[C@@H]2C[C@@H](F)CN2C(=O)Cn2cc(C(N)=O)c3cc(-c4ccnnc4)ccc32)n1. The van der Waals surface area contributed by atoms with Crippen molar-refractivity contribution < 1.29 is 18.8 Å². The standard InChI is InChI=1S/C29H24FN9O3S2/c1-15-25(38-6-7-43-29(38)34-15)21-14-44-28(35-21)36-27(42)23-9-18(30)11-39(23)24(40)13-37-12-20(26(31)41)19-8-16(2-3-22(19)37)17-4-5-32-33-10-17/h2-8,10,12,14,18,23H,9,11,13H2,1H3,(H2,31,41)(H,35,36,42)/t18-,23+/m1/s1. The third-order valence-corrected chi connectivity index (χ3v) is 9.17. The molecule has 1 saturated heterocycles. The van der Waals surface area contributed by atoms with Crippen molar-refractivity contribution in [1.82, 2.24) is 34.0 Å². The van der Waals surface area contributed by atoms with Crippen LogP contribution in [0.5, 0.6) is 0 Å². The Morgan fingerprint density at radius 2 is 2.00 bits per heavy atom. The fourth-order valence-electron chi connectivity index (χ4n) is 5.64. The lowest BCUT2D eigenvalue weighted by molar-refractivity contribution is -0.137. The molecule has 5 aromatic heterocycles. The zero-order valence-electron chi connectivity index (χ0n) is 23.2. The number of aryl methyl sites for hydroxylation is 1. The summed E-state index contributed by atoms with van der Waals surface area (Å²) in [7, 11) is 0. The molecule has 3 N–H and O–H groups in total. The summed E-state index contributed by atoms with van der Waals surface area (Å²) >= 11 is 2.75. The largest absolute Gasteiger partial charge is 0.366 e. The number of rotatable bonds is 7. The second-order valence-electron chi connectivity index (χ2n) is 10.4. The van der Waals surface area contributed by atoms with Crippen molar-refractivity contribution in [2.24, 2.45) is 5.73 Å². The summed E-state index contributed by atoms with van der Waals surface area (Å²) in [6.07, 6.45) is 5.10. The number of primary amides is 1. The van der Waals surface area contributed by atoms with Gasteiger partial charge in [-0.2, -0.15) is 10.2 Å². The molecule has 1 fully saturated rings. The van der Waals surface area contributed by atoms with Crippen molar-refractivity contribution in [3.05, 3.63) is 71.1 Å². The number of fused-ring (bicyclic) bond motifs is 2. The number of carbonyl (C=O) groups excluding carboxylic acids is 3. The van der Waals surface area contributed by atoms with Crippen LogP contribution in [0.1, 0.15) is 22.5 Å². The summed E-state index contributed by atoms with van der Waals surface area (Å²) in [5, 5.41) is 15.1. The van der Waals surface area contributed by atoms with Gasteiger partial charge in [0.15, 0.2) is 10.1 Å². The van der Waals surface area contributed by atoms with Crippen LogP contribution in [0, 0.1) is 6.92 Å². The van der Waals surface area contributed by atoms with Gasteiger partial charge in [0, 0.05) is 46.0 Å². The van der Waals surface area contributed by atoms with Gasteiger partial charge in [-0.3, -0.25) is 18.8 Å². The van der Waals surface area contributed by atoms with Gasteiger partial charge < -0.3 is 20.5 Å². The van der Waals surface area contributed by atoms with E-state index in [1.54, 1.807) is 35.2 Å². The minimum atomic E-state index is -1.36. The number of hydrogen-bond donors (Lipinski definition) is 2. The molecule has 6 aromatic rings. The molecule has 222 valence electrons. The smallest absolute Gasteiger partial charge is 0.250 e. The lowest BCUT2D eigenvalue weighted by Crippen LogP contribution is -2.44. The Morgan fingerprint density at radius 1 is 1.14 bits per heavy atom. The Bertz CT molecular complexity index is 2070. The summed E-state index contributed by atoms with van der Waals surface area (Å²) < 4.78 is 18.2. The van der Waals surface area contributed by atoms with E-state index in [1.807, 2.05) is 34.3 Å². The molecule has 15 heteroatoms. The lowest BCUT2D eigenvalue weighted by Gasteiger charge is -2.23. The number of hydrogen-bond acceptors (Lipinski definition) is 9. The summed E-state index contributed by atoms with van der Waals surface area (Å²) in [5.41, 5.74) is 10.4. The van der Waals surface area contributed by atoms with Crippen LogP contribution < -0.4 is 11.1 Å². The van der Waals surface area contributed by atoms with E-state index < -0.39 is 29.9 Å². The number of benzene rings is 1. The van der Waals surface area contributed by atoms with Crippen molar-refractivity contribution >= 4 is 61.4 Å². The number of amides is 3. The van der Waals surface area contributed by atoms with Crippen LogP contribution >= 0.6 is 22.7 Å². The van der Waals surface area contributed by atoms with E-state index in [2.05, 4.69) is 25.5 Å². The first-order valence-electron chi connectivity index (χ1n) is 13.6. The van der Waals surface area contributed by atoms with E-state index in [4.69, 9.17) is 5.73 Å². The molecule has 7 rings (SSSR count). The molecule has 0 aliphatic carbocycles. The van der Waals surface area contributed by atoms with Gasteiger partial charge in [-0.1, -0.05) is 6.07 Å². The molecule has 2 atom stereocenters. The fraction of sp³-hybridized carbons (Fsp3) is 0.207. The number of anilines is 1. The number of aromatic nitrogens is 6. The van der Waals surface area contributed by atoms with Crippen molar-refractivity contribution in [2.45, 2.75) is 32.1 Å². The number of thiazole rings is 2. The molecular weight excluding hydrogens is 606 g/mol. The molecule has 6 heterocycles. The van der Waals surface area contributed by atoms with Gasteiger partial charge in [-0.05, 0) is 30.7 Å². The highest BCUT2D eigenvalue weighted by atomic mass is 32.1. The van der Waals surface area contributed by atoms with Gasteiger partial charge >= 0.3 is 0 Å². The van der Waals surface area contributed by atoms with Crippen molar-refractivity contribution in [2.75, 3.05) is 11.9 Å². The molecule has 44 heavy (non-hydrogen) atoms. The summed E-state index contributed by atoms with van der Waals surface area (Å²) in [5.74, 6) is -1.63. The van der Waals surface area contributed by atoms with Crippen LogP contribution in [0.3, 0.4) is 0 Å². The zero-order valence-corrected chi connectivity index (χ0v) is 24.8. The first kappa shape index (κ1) is 27.8. The van der Waals surface area contributed by atoms with Crippen LogP contribution in [0.4, 0.5) is 9.52 Å². The molecular formula is C29H24FN9O3S2. The fourth-order valence-corrected chi connectivity index (χ4v) is 7.10. The molecule has 12 nitrogen and oxygen atoms in total. The number of carbonyl (C=O) groups is 3. The predicted molar refractivity (Wildman–Crippen MR) is 164 cm³/mol. The number of likely N-dealkylation sites (tertiary alicyclic amines) is 1. The van der Waals surface area contributed by atoms with Gasteiger partial charge in [-0.25, -0.2) is 14.4 Å². The van der Waals surface area contributed by atoms with Crippen LogP contribution in [-0.4, -0.2) is 70.5 Å². The molecule has 1 aliphatic heterocycles. The highest BCUT2D eigenvalue weighted by molar-refractivity contribution is 7.15. The second kappa shape index (κ2) is 10.9. The third-order valence-electron chi connectivity index (χ3n) is 7.66. The van der Waals surface area contributed by atoms with Gasteiger partial charge in [0.1, 0.15) is 24.5 Å². The van der Waals surface area contributed by atoms with Gasteiger partial charge in [0.05, 0.1) is 35.9 Å². The minimum absolute atomic E-state index is 0.130. The third kappa shape index (κ3) is 4.89. The Morgan fingerprint density at radius 3 is 2.80 bits per heavy atom. The van der Waals surface area contributed by atoms with Crippen LogP contribution in [-0.2, 0) is 16.1 Å². The monoisotopic (exact) mass is 629 g/mol. The molecule has 0 unspecified atom stereocenters. The van der Waals surface area contributed by atoms with E-state index in [9.17, 15) is 18.8 Å². The van der Waals surface area contributed by atoms with Crippen molar-refractivity contribution in [1.29, 1.82) is 0 Å². The van der Waals surface area contributed by atoms with Crippen LogP contribution in [0.25, 0.3) is 38.4 Å². The Hall–Kier alpha value is -5.02. The average molecular weight is 630 g/mol. The highest BCUT2D eigenvalue weighted by Gasteiger charge is 2.40. The summed E-state index contributed by atoms with van der Waals surface area (Å²) in [6, 6.07) is 6.19. The van der Waals surface area contributed by atoms with E-state index in [0.29, 0.717) is 21.7 Å². The maximum atomic E-state index is 14.7. The lowest BCUT2D eigenvalue weighted by atomic mass is 10.0. The van der Waals surface area contributed by atoms with Gasteiger partial charge in [0.2, 0.25) is 11.8 Å². The molecule has 1 aromatic carbocycles. The molecule has 0 saturated carbocycles. The average Bonchev–Trinajstić information content (AvgIpc) is 3.83.